The van der Waals surface area contributed by atoms with Gasteiger partial charge in [0.05, 0.1) is 25.8 Å². The highest BCUT2D eigenvalue weighted by Crippen LogP contribution is 2.27. The molecule has 2 heterocycles. The normalized spacial score (nSPS) is 14.7. The van der Waals surface area contributed by atoms with E-state index in [1.165, 1.54) is 6.20 Å². The number of nitrogens with one attached hydrogen (secondary N) is 2. The molecule has 8 nitrogen and oxygen atoms in total. The van der Waals surface area contributed by atoms with Crippen molar-refractivity contribution in [2.75, 3.05) is 39.2 Å². The third-order valence-corrected chi connectivity index (χ3v) is 5.47. The van der Waals surface area contributed by atoms with Crippen LogP contribution in [0.2, 0.25) is 5.02 Å². The van der Waals surface area contributed by atoms with Gasteiger partial charge in [-0.3, -0.25) is 14.5 Å². The van der Waals surface area contributed by atoms with Crippen molar-refractivity contribution >= 4 is 29.2 Å². The molecule has 1 aromatic carbocycles. The molecule has 9 heteroatoms. The molecule has 2 amide bonds. The fourth-order valence-corrected chi connectivity index (χ4v) is 3.59. The number of halogens is 1. The van der Waals surface area contributed by atoms with Crippen molar-refractivity contribution < 1.29 is 19.1 Å². The van der Waals surface area contributed by atoms with Crippen LogP contribution in [-0.2, 0) is 16.1 Å². The van der Waals surface area contributed by atoms with Crippen LogP contribution >= 0.6 is 11.6 Å². The average Bonchev–Trinajstić information content (AvgIpc) is 2.79. The number of hydrogen-bond acceptors (Lipinski definition) is 6. The molecule has 0 aliphatic carbocycles. The lowest BCUT2D eigenvalue weighted by Crippen LogP contribution is -2.43. The first-order chi connectivity index (χ1) is 15.0. The summed E-state index contributed by atoms with van der Waals surface area (Å²) in [6.07, 6.45) is 2.89. The van der Waals surface area contributed by atoms with Crippen LogP contribution in [0.25, 0.3) is 0 Å². The molecular weight excluding hydrogens is 420 g/mol. The van der Waals surface area contributed by atoms with Crippen LogP contribution < -0.4 is 20.1 Å². The summed E-state index contributed by atoms with van der Waals surface area (Å²) < 4.78 is 10.5. The number of benzene rings is 1. The minimum absolute atomic E-state index is 0.0487. The summed E-state index contributed by atoms with van der Waals surface area (Å²) in [5.41, 5.74) is 0.928. The Morgan fingerprint density at radius 2 is 1.87 bits per heavy atom. The van der Waals surface area contributed by atoms with Gasteiger partial charge < -0.3 is 20.1 Å². The van der Waals surface area contributed by atoms with Gasteiger partial charge in [0.25, 0.3) is 0 Å². The number of likely N-dealkylation sites (tertiary alicyclic amines) is 1. The molecule has 0 atom stereocenters. The van der Waals surface area contributed by atoms with Crippen molar-refractivity contribution in [1.82, 2.24) is 15.2 Å². The number of ether oxygens (including phenoxy) is 2. The zero-order chi connectivity index (χ0) is 22.2. The summed E-state index contributed by atoms with van der Waals surface area (Å²) >= 11 is 5.81. The zero-order valence-corrected chi connectivity index (χ0v) is 18.4. The number of aromatic nitrogens is 1. The van der Waals surface area contributed by atoms with Crippen molar-refractivity contribution in [2.24, 2.45) is 5.92 Å². The molecule has 3 rings (SSSR count). The maximum absolute atomic E-state index is 12.4. The average molecular weight is 447 g/mol. The lowest BCUT2D eigenvalue weighted by Gasteiger charge is -2.30. The second kappa shape index (κ2) is 11.0. The van der Waals surface area contributed by atoms with Gasteiger partial charge in [0, 0.05) is 18.7 Å². The number of piperidine rings is 1. The van der Waals surface area contributed by atoms with Crippen LogP contribution in [0.1, 0.15) is 18.4 Å². The van der Waals surface area contributed by atoms with Gasteiger partial charge in [0.15, 0.2) is 11.5 Å². The summed E-state index contributed by atoms with van der Waals surface area (Å²) in [7, 11) is 3.16. The molecule has 0 radical (unpaired) electrons. The predicted octanol–water partition coefficient (Wildman–Crippen LogP) is 2.72. The molecule has 0 bridgehead atoms. The number of carbonyl (C=O) groups is 2. The van der Waals surface area contributed by atoms with Crippen LogP contribution in [0.3, 0.4) is 0 Å². The Morgan fingerprint density at radius 1 is 1.13 bits per heavy atom. The standard InChI is InChI=1S/C22H27ClN4O4/c1-30-18-5-3-15(11-19(18)31-2)12-25-21(28)14-27-9-7-16(8-10-27)22(29)26-20-6-4-17(23)13-24-20/h3-6,11,13,16H,7-10,12,14H2,1-2H3,(H,25,28)(H,24,26,29). The lowest BCUT2D eigenvalue weighted by atomic mass is 9.96. The molecule has 1 saturated heterocycles. The number of hydrogen-bond donors (Lipinski definition) is 2. The maximum atomic E-state index is 12.4. The summed E-state index contributed by atoms with van der Waals surface area (Å²) in [6.45, 7) is 2.10. The number of rotatable bonds is 8. The fourth-order valence-electron chi connectivity index (χ4n) is 3.48. The number of methoxy groups -OCH3 is 2. The molecule has 2 N–H and O–H groups in total. The molecule has 0 unspecified atom stereocenters. The number of carbonyl (C=O) groups excluding carboxylic acids is 2. The molecule has 2 aromatic rings. The second-order valence-corrected chi connectivity index (χ2v) is 7.80. The Morgan fingerprint density at radius 3 is 2.52 bits per heavy atom. The molecule has 0 saturated carbocycles. The van der Waals surface area contributed by atoms with E-state index < -0.39 is 0 Å². The number of nitrogens with zero attached hydrogens (tertiary/aromatic N) is 2. The Labute approximate surface area is 186 Å². The monoisotopic (exact) mass is 446 g/mol. The van der Waals surface area contributed by atoms with Gasteiger partial charge >= 0.3 is 0 Å². The van der Waals surface area contributed by atoms with E-state index >= 15 is 0 Å². The number of anilines is 1. The summed E-state index contributed by atoms with van der Waals surface area (Å²) in [5.74, 6) is 1.57. The van der Waals surface area contributed by atoms with E-state index in [0.717, 1.165) is 5.56 Å². The lowest BCUT2D eigenvalue weighted by molar-refractivity contribution is -0.123. The van der Waals surface area contributed by atoms with Crippen molar-refractivity contribution in [3.8, 4) is 11.5 Å². The van der Waals surface area contributed by atoms with Gasteiger partial charge in [-0.25, -0.2) is 4.98 Å². The van der Waals surface area contributed by atoms with Crippen LogP contribution in [0.4, 0.5) is 5.82 Å². The van der Waals surface area contributed by atoms with E-state index in [-0.39, 0.29) is 17.7 Å². The number of pyridine rings is 1. The highest BCUT2D eigenvalue weighted by molar-refractivity contribution is 6.30. The van der Waals surface area contributed by atoms with E-state index in [1.54, 1.807) is 26.4 Å². The molecule has 1 fully saturated rings. The van der Waals surface area contributed by atoms with Gasteiger partial charge in [0.1, 0.15) is 5.82 Å². The maximum Gasteiger partial charge on any atom is 0.234 e. The zero-order valence-electron chi connectivity index (χ0n) is 17.7. The second-order valence-electron chi connectivity index (χ2n) is 7.37. The van der Waals surface area contributed by atoms with Crippen molar-refractivity contribution in [1.29, 1.82) is 0 Å². The predicted molar refractivity (Wildman–Crippen MR) is 118 cm³/mol. The Hall–Kier alpha value is -2.84. The van der Waals surface area contributed by atoms with Gasteiger partial charge in [-0.1, -0.05) is 17.7 Å². The van der Waals surface area contributed by atoms with E-state index in [4.69, 9.17) is 21.1 Å². The first-order valence-electron chi connectivity index (χ1n) is 10.1. The van der Waals surface area contributed by atoms with Crippen LogP contribution in [-0.4, -0.2) is 55.6 Å². The van der Waals surface area contributed by atoms with Gasteiger partial charge in [-0.05, 0) is 55.8 Å². The largest absolute Gasteiger partial charge is 0.493 e. The molecule has 0 spiro atoms. The van der Waals surface area contributed by atoms with Gasteiger partial charge in [-0.2, -0.15) is 0 Å². The Kier molecular flexibility index (Phi) is 8.08. The highest BCUT2D eigenvalue weighted by Gasteiger charge is 2.26. The first-order valence-corrected chi connectivity index (χ1v) is 10.5. The quantitative estimate of drug-likeness (QED) is 0.647. The third kappa shape index (κ3) is 6.57. The van der Waals surface area contributed by atoms with Crippen LogP contribution in [0.15, 0.2) is 36.5 Å². The van der Waals surface area contributed by atoms with Crippen molar-refractivity contribution in [3.05, 3.63) is 47.1 Å². The molecular formula is C22H27ClN4O4. The van der Waals surface area contributed by atoms with Crippen molar-refractivity contribution in [2.45, 2.75) is 19.4 Å². The van der Waals surface area contributed by atoms with Gasteiger partial charge in [0.2, 0.25) is 11.8 Å². The minimum atomic E-state index is -0.0939. The first kappa shape index (κ1) is 22.8. The minimum Gasteiger partial charge on any atom is -0.493 e. The van der Waals surface area contributed by atoms with Crippen LogP contribution in [0, 0.1) is 5.92 Å². The third-order valence-electron chi connectivity index (χ3n) is 5.24. The van der Waals surface area contributed by atoms with Crippen molar-refractivity contribution in [3.63, 3.8) is 0 Å². The fraction of sp³-hybridized carbons (Fsp3) is 0.409. The molecule has 166 valence electrons. The summed E-state index contributed by atoms with van der Waals surface area (Å²) in [6, 6.07) is 8.92. The number of amides is 2. The molecule has 1 aliphatic heterocycles. The van der Waals surface area contributed by atoms with Crippen LogP contribution in [0.5, 0.6) is 11.5 Å². The topological polar surface area (TPSA) is 92.8 Å². The molecule has 31 heavy (non-hydrogen) atoms. The smallest absolute Gasteiger partial charge is 0.234 e. The van der Waals surface area contributed by atoms with Gasteiger partial charge in [-0.15, -0.1) is 0 Å². The summed E-state index contributed by atoms with van der Waals surface area (Å²) in [4.78, 5) is 30.9. The molecule has 1 aromatic heterocycles. The van der Waals surface area contributed by atoms with E-state index in [1.807, 2.05) is 18.2 Å². The highest BCUT2D eigenvalue weighted by atomic mass is 35.5. The van der Waals surface area contributed by atoms with E-state index in [9.17, 15) is 9.59 Å². The van der Waals surface area contributed by atoms with E-state index in [2.05, 4.69) is 20.5 Å². The Balaban J connectivity index is 1.40. The van der Waals surface area contributed by atoms with E-state index in [0.29, 0.717) is 61.4 Å². The summed E-state index contributed by atoms with van der Waals surface area (Å²) in [5, 5.41) is 6.28. The SMILES string of the molecule is COc1ccc(CNC(=O)CN2CCC(C(=O)Nc3ccc(Cl)cn3)CC2)cc1OC. The Bertz CT molecular complexity index is 899. The molecule has 1 aliphatic rings.